The van der Waals surface area contributed by atoms with Crippen LogP contribution < -0.4 is 10.6 Å². The van der Waals surface area contributed by atoms with Crippen molar-refractivity contribution in [3.8, 4) is 11.5 Å². The van der Waals surface area contributed by atoms with Crippen LogP contribution in [0.5, 0.6) is 11.5 Å². The number of phenols is 2. The fraction of sp³-hybridized carbons (Fsp3) is 0.333. The predicted octanol–water partition coefficient (Wildman–Crippen LogP) is -0.614. The van der Waals surface area contributed by atoms with Crippen molar-refractivity contribution in [1.29, 1.82) is 0 Å². The van der Waals surface area contributed by atoms with Gasteiger partial charge >= 0.3 is 41.1 Å². The van der Waals surface area contributed by atoms with Gasteiger partial charge in [0.15, 0.2) is 0 Å². The van der Waals surface area contributed by atoms with Crippen LogP contribution in [0.2, 0.25) is 0 Å². The number of aliphatic carboxylic acids is 3. The number of phenolic OH excluding ortho intramolecular Hbond substituents is 2. The van der Waals surface area contributed by atoms with E-state index in [0.29, 0.717) is 16.0 Å². The maximum atomic E-state index is 12.6. The van der Waals surface area contributed by atoms with Crippen LogP contribution in [0.25, 0.3) is 0 Å². The number of benzene rings is 2. The summed E-state index contributed by atoms with van der Waals surface area (Å²) < 4.78 is 0. The van der Waals surface area contributed by atoms with Gasteiger partial charge in [0, 0.05) is 25.9 Å². The number of carbonyl (C=O) groups excluding carboxylic acids is 2. The molecular formula is C27H32FeN4O12+3. The molecule has 44 heavy (non-hydrogen) atoms. The molecule has 1 radical (unpaired) electrons. The number of hydrogen-bond acceptors (Lipinski definition) is 9. The summed E-state index contributed by atoms with van der Waals surface area (Å²) in [5, 5.41) is 61.0. The Hall–Kier alpha value is -4.86. The van der Waals surface area contributed by atoms with Crippen molar-refractivity contribution in [2.45, 2.75) is 24.9 Å². The van der Waals surface area contributed by atoms with E-state index < -0.39 is 74.1 Å². The van der Waals surface area contributed by atoms with E-state index in [0.717, 1.165) is 4.90 Å². The Bertz CT molecular complexity index is 1310. The van der Waals surface area contributed by atoms with E-state index >= 15 is 0 Å². The third kappa shape index (κ3) is 13.4. The van der Waals surface area contributed by atoms with Crippen LogP contribution in [0.4, 0.5) is 4.79 Å². The van der Waals surface area contributed by atoms with Crippen LogP contribution in [0.15, 0.2) is 48.5 Å². The minimum Gasteiger partial charge on any atom is -0.508 e. The monoisotopic (exact) mass is 660 g/mol. The summed E-state index contributed by atoms with van der Waals surface area (Å²) in [7, 11) is 0. The molecule has 0 aliphatic carbocycles. The zero-order valence-electron chi connectivity index (χ0n) is 23.1. The Morgan fingerprint density at radius 3 is 1.39 bits per heavy atom. The summed E-state index contributed by atoms with van der Waals surface area (Å²) in [6.45, 7) is -2.91. The van der Waals surface area contributed by atoms with Gasteiger partial charge in [-0.15, -0.1) is 0 Å². The van der Waals surface area contributed by atoms with E-state index in [1.165, 1.54) is 48.5 Å². The molecule has 8 N–H and O–H groups in total. The van der Waals surface area contributed by atoms with Gasteiger partial charge in [-0.25, -0.2) is 14.4 Å². The molecule has 0 saturated heterocycles. The molecule has 0 saturated carbocycles. The van der Waals surface area contributed by atoms with Gasteiger partial charge in [0.25, 0.3) is 0 Å². The Kier molecular flexibility index (Phi) is 15.2. The van der Waals surface area contributed by atoms with Gasteiger partial charge < -0.3 is 41.3 Å². The standard InChI is InChI=1S/C27H32N4O12.Fe/c32-18-5-1-16(2-6-18)11-20(25(38)39)28-22(34)13-30(15-24(36)37)9-10-31(27(42)43)14-23(35)29-21(26(40)41)12-17-3-7-19(33)8-4-17;/h1-8,20-21,32-33H,9-15H2,(H,28,34)(H,29,35)(H,36,37)(H,38,39)(H,40,41)(H,42,43);/q;+3. The Balaban J connectivity index is 0.00000968. The number of rotatable bonds is 17. The number of nitrogens with one attached hydrogen (secondary N) is 2. The van der Waals surface area contributed by atoms with Crippen molar-refractivity contribution in [2.75, 3.05) is 32.7 Å². The zero-order valence-corrected chi connectivity index (χ0v) is 24.2. The summed E-state index contributed by atoms with van der Waals surface area (Å²) in [6.07, 6.45) is -1.85. The molecule has 0 heterocycles. The number of carboxylic acid groups (broad SMARTS) is 4. The third-order valence-corrected chi connectivity index (χ3v) is 6.04. The number of amides is 3. The molecule has 3 amide bonds. The van der Waals surface area contributed by atoms with Crippen molar-refractivity contribution in [2.24, 2.45) is 0 Å². The van der Waals surface area contributed by atoms with E-state index in [9.17, 15) is 59.4 Å². The molecule has 16 nitrogen and oxygen atoms in total. The minimum atomic E-state index is -1.57. The first-order valence-electron chi connectivity index (χ1n) is 12.8. The van der Waals surface area contributed by atoms with Gasteiger partial charge in [0.05, 0.1) is 13.1 Å². The number of nitrogens with zero attached hydrogens (tertiary/aromatic N) is 2. The molecule has 0 fully saturated rings. The summed E-state index contributed by atoms with van der Waals surface area (Å²) >= 11 is 0. The molecule has 2 unspecified atom stereocenters. The van der Waals surface area contributed by atoms with Crippen molar-refractivity contribution in [1.82, 2.24) is 20.4 Å². The van der Waals surface area contributed by atoms with Gasteiger partial charge in [-0.3, -0.25) is 24.2 Å². The zero-order chi connectivity index (χ0) is 32.1. The fourth-order valence-electron chi connectivity index (χ4n) is 3.90. The van der Waals surface area contributed by atoms with Crippen LogP contribution >= 0.6 is 0 Å². The average Bonchev–Trinajstić information content (AvgIpc) is 2.91. The molecule has 0 bridgehead atoms. The van der Waals surface area contributed by atoms with E-state index in [1.54, 1.807) is 0 Å². The molecular weight excluding hydrogens is 628 g/mol. The Morgan fingerprint density at radius 1 is 0.614 bits per heavy atom. The summed E-state index contributed by atoms with van der Waals surface area (Å²) in [5.41, 5.74) is 0.979. The van der Waals surface area contributed by atoms with Crippen LogP contribution in [0.1, 0.15) is 11.1 Å². The maximum absolute atomic E-state index is 12.6. The maximum Gasteiger partial charge on any atom is 3.00 e. The summed E-state index contributed by atoms with van der Waals surface area (Å²) in [5.74, 6) is -5.98. The van der Waals surface area contributed by atoms with E-state index in [2.05, 4.69) is 10.6 Å². The van der Waals surface area contributed by atoms with Gasteiger partial charge in [-0.05, 0) is 35.4 Å². The van der Waals surface area contributed by atoms with Gasteiger partial charge in [0.1, 0.15) is 30.1 Å². The third-order valence-electron chi connectivity index (χ3n) is 6.04. The van der Waals surface area contributed by atoms with E-state index in [4.69, 9.17) is 0 Å². The molecule has 0 aliphatic heterocycles. The molecule has 2 rings (SSSR count). The topological polar surface area (TPSA) is 254 Å². The van der Waals surface area contributed by atoms with Gasteiger partial charge in [-0.1, -0.05) is 24.3 Å². The second-order valence-electron chi connectivity index (χ2n) is 9.47. The van der Waals surface area contributed by atoms with Crippen LogP contribution in [0.3, 0.4) is 0 Å². The Labute approximate surface area is 261 Å². The predicted molar refractivity (Wildman–Crippen MR) is 146 cm³/mol. The first-order chi connectivity index (χ1) is 20.2. The van der Waals surface area contributed by atoms with Crippen molar-refractivity contribution >= 4 is 35.8 Å². The average molecular weight is 660 g/mol. The second kappa shape index (κ2) is 17.9. The molecule has 2 aromatic rings. The largest absolute Gasteiger partial charge is 3.00 e. The first kappa shape index (κ1) is 37.2. The molecule has 2 aromatic carbocycles. The van der Waals surface area contributed by atoms with Gasteiger partial charge in [0.2, 0.25) is 11.8 Å². The minimum absolute atomic E-state index is 0. The fourth-order valence-corrected chi connectivity index (χ4v) is 3.90. The smallest absolute Gasteiger partial charge is 0.508 e. The molecule has 0 spiro atoms. The Morgan fingerprint density at radius 2 is 1.02 bits per heavy atom. The number of carbonyl (C=O) groups is 6. The molecule has 0 aliphatic rings. The summed E-state index contributed by atoms with van der Waals surface area (Å²) in [4.78, 5) is 73.2. The molecule has 0 aromatic heterocycles. The normalized spacial score (nSPS) is 11.8. The molecule has 17 heteroatoms. The number of carboxylic acids is 3. The van der Waals surface area contributed by atoms with Crippen LogP contribution in [-0.4, -0.2) is 121 Å². The number of hydrogen-bond donors (Lipinski definition) is 8. The van der Waals surface area contributed by atoms with Crippen LogP contribution in [-0.2, 0) is 53.9 Å². The van der Waals surface area contributed by atoms with Crippen molar-refractivity contribution in [3.05, 3.63) is 59.7 Å². The molecule has 2 atom stereocenters. The SMILES string of the molecule is O=C(O)CN(CCN(CC(=O)NC(Cc1ccc(O)cc1)C(=O)O)C(=O)O)CC(=O)NC(Cc1ccc(O)cc1)C(=O)O.[Fe+3]. The molecule has 237 valence electrons. The van der Waals surface area contributed by atoms with E-state index in [-0.39, 0.29) is 48.0 Å². The first-order valence-corrected chi connectivity index (χ1v) is 12.8. The van der Waals surface area contributed by atoms with Gasteiger partial charge in [-0.2, -0.15) is 0 Å². The van der Waals surface area contributed by atoms with Crippen LogP contribution in [0, 0.1) is 0 Å². The quantitative estimate of drug-likeness (QED) is 0.0987. The summed E-state index contributed by atoms with van der Waals surface area (Å²) in [6, 6.07) is 8.42. The number of aromatic hydroxyl groups is 2. The van der Waals surface area contributed by atoms with Crippen molar-refractivity contribution in [3.63, 3.8) is 0 Å². The second-order valence-corrected chi connectivity index (χ2v) is 9.47. The van der Waals surface area contributed by atoms with E-state index in [1.807, 2.05) is 0 Å². The van der Waals surface area contributed by atoms with Crippen molar-refractivity contribution < 1.29 is 76.5 Å².